The Labute approximate surface area is 139 Å². The first-order valence-corrected chi connectivity index (χ1v) is 7.10. The molecule has 0 spiro atoms. The summed E-state index contributed by atoms with van der Waals surface area (Å²) in [5, 5.41) is 0. The fourth-order valence-corrected chi connectivity index (χ4v) is 2.76. The number of benzene rings is 1. The summed E-state index contributed by atoms with van der Waals surface area (Å²) < 4.78 is 36.9. The number of likely N-dealkylation sites (tertiary alicyclic amines) is 1. The van der Waals surface area contributed by atoms with Crippen molar-refractivity contribution >= 4 is 18.3 Å². The van der Waals surface area contributed by atoms with E-state index in [1.165, 1.54) is 7.05 Å². The number of carbonyl (C=O) groups excluding carboxylic acids is 1. The quantitative estimate of drug-likeness (QED) is 0.900. The second-order valence-corrected chi connectivity index (χ2v) is 5.74. The van der Waals surface area contributed by atoms with E-state index < -0.39 is 18.6 Å². The molecule has 1 aromatic carbocycles. The summed E-state index contributed by atoms with van der Waals surface area (Å²) in [6, 6.07) is 9.59. The first-order valence-electron chi connectivity index (χ1n) is 7.10. The first kappa shape index (κ1) is 19.7. The SMILES string of the molecule is CN(CC(F)(F)F)C(=O)CN1C[C@@H](N)[C@H](c2ccccc2)C1.Cl. The van der Waals surface area contributed by atoms with Crippen molar-refractivity contribution in [2.75, 3.05) is 33.2 Å². The van der Waals surface area contributed by atoms with Gasteiger partial charge in [0, 0.05) is 32.1 Å². The standard InChI is InChI=1S/C15H20F3N3O.ClH/c1-20(10-15(16,17)18)14(22)9-21-7-12(13(19)8-21)11-5-3-2-4-6-11;/h2-6,12-13H,7-10,19H2,1H3;1H/t12-,13+;/m0./s1. The Kier molecular flexibility index (Phi) is 6.85. The second kappa shape index (κ2) is 7.99. The van der Waals surface area contributed by atoms with Crippen molar-refractivity contribution in [3.63, 3.8) is 0 Å². The minimum atomic E-state index is -4.38. The third kappa shape index (κ3) is 5.67. The largest absolute Gasteiger partial charge is 0.406 e. The number of nitrogens with two attached hydrogens (primary N) is 1. The number of rotatable bonds is 4. The van der Waals surface area contributed by atoms with E-state index in [1.807, 2.05) is 35.2 Å². The Morgan fingerprint density at radius 3 is 2.48 bits per heavy atom. The first-order chi connectivity index (χ1) is 10.3. The summed E-state index contributed by atoms with van der Waals surface area (Å²) in [6.45, 7) is -0.181. The number of alkyl halides is 3. The van der Waals surface area contributed by atoms with Gasteiger partial charge in [-0.1, -0.05) is 30.3 Å². The van der Waals surface area contributed by atoms with Crippen LogP contribution in [0.4, 0.5) is 13.2 Å². The van der Waals surface area contributed by atoms with E-state index in [1.54, 1.807) is 0 Å². The van der Waals surface area contributed by atoms with Gasteiger partial charge in [0.25, 0.3) is 0 Å². The van der Waals surface area contributed by atoms with Crippen LogP contribution in [0.15, 0.2) is 30.3 Å². The predicted octanol–water partition coefficient (Wildman–Crippen LogP) is 1.86. The molecule has 0 saturated carbocycles. The van der Waals surface area contributed by atoms with Gasteiger partial charge in [-0.25, -0.2) is 0 Å². The van der Waals surface area contributed by atoms with Crippen molar-refractivity contribution in [3.05, 3.63) is 35.9 Å². The van der Waals surface area contributed by atoms with Gasteiger partial charge in [0.15, 0.2) is 0 Å². The average molecular weight is 352 g/mol. The number of hydrogen-bond donors (Lipinski definition) is 1. The van der Waals surface area contributed by atoms with Crippen LogP contribution >= 0.6 is 12.4 Å². The van der Waals surface area contributed by atoms with Crippen LogP contribution in [-0.2, 0) is 4.79 Å². The van der Waals surface area contributed by atoms with Gasteiger partial charge >= 0.3 is 6.18 Å². The Bertz CT molecular complexity index is 512. The van der Waals surface area contributed by atoms with Crippen molar-refractivity contribution in [3.8, 4) is 0 Å². The number of carbonyl (C=O) groups is 1. The molecule has 1 aliphatic rings. The minimum absolute atomic E-state index is 0. The van der Waals surface area contributed by atoms with Gasteiger partial charge < -0.3 is 10.6 Å². The summed E-state index contributed by atoms with van der Waals surface area (Å²) in [7, 11) is 1.17. The lowest BCUT2D eigenvalue weighted by molar-refractivity contribution is -0.158. The van der Waals surface area contributed by atoms with Crippen LogP contribution in [0.25, 0.3) is 0 Å². The minimum Gasteiger partial charge on any atom is -0.336 e. The maximum Gasteiger partial charge on any atom is 0.406 e. The van der Waals surface area contributed by atoms with Crippen molar-refractivity contribution in [2.45, 2.75) is 18.1 Å². The molecule has 2 atom stereocenters. The van der Waals surface area contributed by atoms with E-state index in [0.717, 1.165) is 5.56 Å². The van der Waals surface area contributed by atoms with E-state index in [4.69, 9.17) is 5.73 Å². The molecule has 1 saturated heterocycles. The molecule has 1 aromatic rings. The van der Waals surface area contributed by atoms with Crippen molar-refractivity contribution in [1.82, 2.24) is 9.80 Å². The van der Waals surface area contributed by atoms with Crippen molar-refractivity contribution in [1.29, 1.82) is 0 Å². The molecule has 2 N–H and O–H groups in total. The fraction of sp³-hybridized carbons (Fsp3) is 0.533. The summed E-state index contributed by atoms with van der Waals surface area (Å²) >= 11 is 0. The monoisotopic (exact) mass is 351 g/mol. The van der Waals surface area contributed by atoms with Crippen LogP contribution in [0.1, 0.15) is 11.5 Å². The molecular formula is C15H21ClF3N3O. The number of halogens is 4. The predicted molar refractivity (Wildman–Crippen MR) is 84.5 cm³/mol. The number of hydrogen-bond acceptors (Lipinski definition) is 3. The Morgan fingerprint density at radius 2 is 1.91 bits per heavy atom. The molecule has 8 heteroatoms. The molecule has 0 aromatic heterocycles. The summed E-state index contributed by atoms with van der Waals surface area (Å²) in [4.78, 5) is 14.4. The highest BCUT2D eigenvalue weighted by Gasteiger charge is 2.35. The van der Waals surface area contributed by atoms with E-state index in [9.17, 15) is 18.0 Å². The van der Waals surface area contributed by atoms with E-state index >= 15 is 0 Å². The zero-order valence-electron chi connectivity index (χ0n) is 12.8. The molecule has 2 rings (SSSR count). The maximum atomic E-state index is 12.3. The third-order valence-electron chi connectivity index (χ3n) is 3.87. The molecule has 4 nitrogen and oxygen atoms in total. The number of nitrogens with zero attached hydrogens (tertiary/aromatic N) is 2. The highest BCUT2D eigenvalue weighted by Crippen LogP contribution is 2.26. The fourth-order valence-electron chi connectivity index (χ4n) is 2.76. The van der Waals surface area contributed by atoms with Crippen LogP contribution in [0.5, 0.6) is 0 Å². The maximum absolute atomic E-state index is 12.3. The molecule has 1 amide bonds. The molecule has 1 fully saturated rings. The van der Waals surface area contributed by atoms with Crippen LogP contribution in [0.2, 0.25) is 0 Å². The molecular weight excluding hydrogens is 331 g/mol. The molecule has 1 aliphatic heterocycles. The normalized spacial score (nSPS) is 21.8. The van der Waals surface area contributed by atoms with Crippen LogP contribution in [0.3, 0.4) is 0 Å². The van der Waals surface area contributed by atoms with Crippen molar-refractivity contribution in [2.24, 2.45) is 5.73 Å². The topological polar surface area (TPSA) is 49.6 Å². The van der Waals surface area contributed by atoms with Crippen LogP contribution in [-0.4, -0.2) is 61.2 Å². The highest BCUT2D eigenvalue weighted by atomic mass is 35.5. The van der Waals surface area contributed by atoms with Gasteiger partial charge in [-0.05, 0) is 5.56 Å². The van der Waals surface area contributed by atoms with Crippen LogP contribution in [0, 0.1) is 0 Å². The Hall–Kier alpha value is -1.31. The van der Waals surface area contributed by atoms with Gasteiger partial charge in [0.1, 0.15) is 6.54 Å². The van der Waals surface area contributed by atoms with Gasteiger partial charge in [0.05, 0.1) is 6.54 Å². The average Bonchev–Trinajstić information content (AvgIpc) is 2.78. The van der Waals surface area contributed by atoms with E-state index in [2.05, 4.69) is 0 Å². The number of amides is 1. The van der Waals surface area contributed by atoms with Crippen molar-refractivity contribution < 1.29 is 18.0 Å². The summed E-state index contributed by atoms with van der Waals surface area (Å²) in [6.07, 6.45) is -4.38. The molecule has 130 valence electrons. The Morgan fingerprint density at radius 1 is 1.30 bits per heavy atom. The van der Waals surface area contributed by atoms with E-state index in [-0.39, 0.29) is 30.9 Å². The van der Waals surface area contributed by atoms with Crippen LogP contribution < -0.4 is 5.73 Å². The molecule has 1 heterocycles. The molecule has 0 aliphatic carbocycles. The highest BCUT2D eigenvalue weighted by molar-refractivity contribution is 5.85. The number of likely N-dealkylation sites (N-methyl/N-ethyl adjacent to an activating group) is 1. The van der Waals surface area contributed by atoms with Gasteiger partial charge in [-0.15, -0.1) is 12.4 Å². The molecule has 0 radical (unpaired) electrons. The van der Waals surface area contributed by atoms with Gasteiger partial charge in [0.2, 0.25) is 5.91 Å². The van der Waals surface area contributed by atoms with Gasteiger partial charge in [-0.3, -0.25) is 9.69 Å². The smallest absolute Gasteiger partial charge is 0.336 e. The lowest BCUT2D eigenvalue weighted by Crippen LogP contribution is -2.42. The molecule has 0 bridgehead atoms. The third-order valence-corrected chi connectivity index (χ3v) is 3.87. The van der Waals surface area contributed by atoms with E-state index in [0.29, 0.717) is 18.0 Å². The Balaban J connectivity index is 0.00000264. The summed E-state index contributed by atoms with van der Waals surface area (Å²) in [5.74, 6) is -0.444. The zero-order chi connectivity index (χ0) is 16.3. The van der Waals surface area contributed by atoms with Gasteiger partial charge in [-0.2, -0.15) is 13.2 Å². The second-order valence-electron chi connectivity index (χ2n) is 5.74. The zero-order valence-corrected chi connectivity index (χ0v) is 13.6. The lowest BCUT2D eigenvalue weighted by atomic mass is 9.95. The molecule has 23 heavy (non-hydrogen) atoms. The summed E-state index contributed by atoms with van der Waals surface area (Å²) in [5.41, 5.74) is 7.20. The lowest BCUT2D eigenvalue weighted by Gasteiger charge is -2.22. The molecule has 0 unspecified atom stereocenters.